The molecule has 0 aliphatic carbocycles. The van der Waals surface area contributed by atoms with Crippen LogP contribution in [0.25, 0.3) is 0 Å². The number of hydrogen-bond acceptors (Lipinski definition) is 4. The van der Waals surface area contributed by atoms with Crippen LogP contribution in [0.2, 0.25) is 0 Å². The lowest BCUT2D eigenvalue weighted by Crippen LogP contribution is -2.40. The molecule has 2 atom stereocenters. The molecule has 2 heterocycles. The fraction of sp³-hybridized carbons (Fsp3) is 0.353. The van der Waals surface area contributed by atoms with Gasteiger partial charge in [0, 0.05) is 28.6 Å². The van der Waals surface area contributed by atoms with Crippen LogP contribution >= 0.6 is 0 Å². The number of ether oxygens (including phenoxy) is 1. The number of benzene rings is 1. The summed E-state index contributed by atoms with van der Waals surface area (Å²) in [5, 5.41) is 2.88. The van der Waals surface area contributed by atoms with Gasteiger partial charge >= 0.3 is 5.97 Å². The van der Waals surface area contributed by atoms with Gasteiger partial charge in [0.05, 0.1) is 6.61 Å². The fourth-order valence-electron chi connectivity index (χ4n) is 3.28. The Morgan fingerprint density at radius 3 is 2.77 bits per heavy atom. The van der Waals surface area contributed by atoms with E-state index in [0.29, 0.717) is 23.6 Å². The molecule has 2 aliphatic heterocycles. The number of allylic oxidation sites excluding steroid dienone is 1. The molecule has 0 saturated carbocycles. The Balaban J connectivity index is 2.19. The van der Waals surface area contributed by atoms with Gasteiger partial charge in [-0.1, -0.05) is 18.2 Å². The van der Waals surface area contributed by atoms with E-state index < -0.39 is 5.92 Å². The molecule has 114 valence electrons. The largest absolute Gasteiger partial charge is 0.465 e. The summed E-state index contributed by atoms with van der Waals surface area (Å²) in [6, 6.07) is 7.57. The Bertz CT molecular complexity index is 718. The monoisotopic (exact) mass is 298 g/mol. The molecule has 0 bridgehead atoms. The van der Waals surface area contributed by atoms with E-state index in [-0.39, 0.29) is 17.8 Å². The van der Waals surface area contributed by atoms with Gasteiger partial charge in [-0.05, 0) is 32.4 Å². The van der Waals surface area contributed by atoms with E-state index in [2.05, 4.69) is 10.3 Å². The molecule has 5 heteroatoms. The Hall–Kier alpha value is -2.43. The number of rotatable bonds is 2. The van der Waals surface area contributed by atoms with Gasteiger partial charge in [-0.3, -0.25) is 14.6 Å². The van der Waals surface area contributed by atoms with Crippen molar-refractivity contribution >= 4 is 23.3 Å². The lowest BCUT2D eigenvalue weighted by Gasteiger charge is -2.36. The smallest absolute Gasteiger partial charge is 0.315 e. The lowest BCUT2D eigenvalue weighted by atomic mass is 9.73. The first-order valence-electron chi connectivity index (χ1n) is 7.37. The number of aliphatic imine (C=N–C) groups is 1. The van der Waals surface area contributed by atoms with Crippen molar-refractivity contribution in [1.82, 2.24) is 0 Å². The number of carbonyl (C=O) groups excluding carboxylic acids is 2. The Labute approximate surface area is 129 Å². The molecule has 1 aromatic rings. The van der Waals surface area contributed by atoms with Crippen LogP contribution in [0.15, 0.2) is 40.5 Å². The summed E-state index contributed by atoms with van der Waals surface area (Å²) in [6.45, 7) is 5.70. The molecule has 0 radical (unpaired) electrons. The van der Waals surface area contributed by atoms with Crippen LogP contribution in [0, 0.1) is 5.92 Å². The molecule has 0 saturated heterocycles. The summed E-state index contributed by atoms with van der Waals surface area (Å²) in [4.78, 5) is 29.3. The average molecular weight is 298 g/mol. The zero-order chi connectivity index (χ0) is 15.9. The highest BCUT2D eigenvalue weighted by Gasteiger charge is 2.44. The predicted octanol–water partition coefficient (Wildman–Crippen LogP) is 2.65. The highest BCUT2D eigenvalue weighted by molar-refractivity contribution is 6.13. The van der Waals surface area contributed by atoms with Gasteiger partial charge in [-0.25, -0.2) is 0 Å². The van der Waals surface area contributed by atoms with E-state index in [4.69, 9.17) is 4.74 Å². The number of esters is 1. The normalized spacial score (nSPS) is 23.2. The number of anilines is 1. The van der Waals surface area contributed by atoms with Gasteiger partial charge < -0.3 is 10.1 Å². The van der Waals surface area contributed by atoms with Crippen LogP contribution in [0.3, 0.4) is 0 Å². The highest BCUT2D eigenvalue weighted by atomic mass is 16.5. The molecule has 2 aliphatic rings. The first-order valence-corrected chi connectivity index (χ1v) is 7.37. The van der Waals surface area contributed by atoms with Gasteiger partial charge in [-0.15, -0.1) is 0 Å². The second-order valence-corrected chi connectivity index (χ2v) is 5.50. The maximum absolute atomic E-state index is 12.4. The molecule has 3 rings (SSSR count). The number of carbonyl (C=O) groups is 2. The molecule has 5 nitrogen and oxygen atoms in total. The minimum absolute atomic E-state index is 0.188. The highest BCUT2D eigenvalue weighted by Crippen LogP contribution is 2.45. The maximum Gasteiger partial charge on any atom is 0.315 e. The third kappa shape index (κ3) is 2.13. The van der Waals surface area contributed by atoms with Crippen molar-refractivity contribution in [2.45, 2.75) is 26.7 Å². The summed E-state index contributed by atoms with van der Waals surface area (Å²) in [5.41, 5.74) is 3.59. The third-order valence-corrected chi connectivity index (χ3v) is 4.16. The molecule has 2 unspecified atom stereocenters. The van der Waals surface area contributed by atoms with Gasteiger partial charge in [0.2, 0.25) is 0 Å². The molecule has 0 spiro atoms. The predicted molar refractivity (Wildman–Crippen MR) is 83.7 cm³/mol. The zero-order valence-corrected chi connectivity index (χ0v) is 12.8. The summed E-state index contributed by atoms with van der Waals surface area (Å²) >= 11 is 0. The van der Waals surface area contributed by atoms with Crippen molar-refractivity contribution in [2.24, 2.45) is 10.9 Å². The van der Waals surface area contributed by atoms with Crippen LogP contribution in [-0.4, -0.2) is 24.2 Å². The molecule has 1 N–H and O–H groups in total. The quantitative estimate of drug-likeness (QED) is 0.853. The summed E-state index contributed by atoms with van der Waals surface area (Å²) in [7, 11) is 0. The Kier molecular flexibility index (Phi) is 3.56. The zero-order valence-electron chi connectivity index (χ0n) is 12.8. The van der Waals surface area contributed by atoms with Crippen molar-refractivity contribution in [3.8, 4) is 0 Å². The van der Waals surface area contributed by atoms with E-state index >= 15 is 0 Å². The molecule has 1 aromatic carbocycles. The molecular weight excluding hydrogens is 280 g/mol. The van der Waals surface area contributed by atoms with E-state index in [1.54, 1.807) is 13.8 Å². The van der Waals surface area contributed by atoms with Crippen LogP contribution in [0.5, 0.6) is 0 Å². The van der Waals surface area contributed by atoms with Crippen molar-refractivity contribution in [3.05, 3.63) is 41.1 Å². The summed E-state index contributed by atoms with van der Waals surface area (Å²) < 4.78 is 5.21. The average Bonchev–Trinajstić information content (AvgIpc) is 2.46. The number of para-hydroxylation sites is 1. The van der Waals surface area contributed by atoms with Crippen molar-refractivity contribution in [1.29, 1.82) is 0 Å². The molecule has 0 aromatic heterocycles. The van der Waals surface area contributed by atoms with Crippen molar-refractivity contribution in [3.63, 3.8) is 0 Å². The van der Waals surface area contributed by atoms with Crippen molar-refractivity contribution < 1.29 is 14.3 Å². The number of nitrogens with zero attached hydrogens (tertiary/aromatic N) is 1. The van der Waals surface area contributed by atoms with Crippen LogP contribution in [-0.2, 0) is 14.3 Å². The maximum atomic E-state index is 12.4. The topological polar surface area (TPSA) is 67.8 Å². The molecule has 1 amide bonds. The number of hydrogen-bond donors (Lipinski definition) is 1. The van der Waals surface area contributed by atoms with E-state index in [1.165, 1.54) is 0 Å². The standard InChI is InChI=1S/C17H18N2O3/c1-4-22-17(21)14-10(3)18-9(2)13-15(14)11-7-5-6-8-12(11)19-16(13)20/h5-8,14-15H,4H2,1-3H3,(H,19,20). The van der Waals surface area contributed by atoms with Gasteiger partial charge in [0.1, 0.15) is 5.92 Å². The van der Waals surface area contributed by atoms with Gasteiger partial charge in [-0.2, -0.15) is 0 Å². The number of fused-ring (bicyclic) bond motifs is 3. The second-order valence-electron chi connectivity index (χ2n) is 5.50. The van der Waals surface area contributed by atoms with Crippen LogP contribution in [0.4, 0.5) is 5.69 Å². The summed E-state index contributed by atoms with van der Waals surface area (Å²) in [6.07, 6.45) is 0. The van der Waals surface area contributed by atoms with E-state index in [9.17, 15) is 9.59 Å². The van der Waals surface area contributed by atoms with Crippen LogP contribution in [0.1, 0.15) is 32.3 Å². The van der Waals surface area contributed by atoms with Crippen molar-refractivity contribution in [2.75, 3.05) is 11.9 Å². The second kappa shape index (κ2) is 5.40. The first kappa shape index (κ1) is 14.5. The first-order chi connectivity index (χ1) is 10.5. The Morgan fingerprint density at radius 1 is 1.32 bits per heavy atom. The fourth-order valence-corrected chi connectivity index (χ4v) is 3.28. The SMILES string of the molecule is CCOC(=O)C1C(C)=NC(C)=C2C(=O)Nc3ccccc3C21. The molecular formula is C17H18N2O3. The number of nitrogens with one attached hydrogen (secondary N) is 1. The van der Waals surface area contributed by atoms with Crippen LogP contribution < -0.4 is 5.32 Å². The van der Waals surface area contributed by atoms with E-state index in [1.807, 2.05) is 31.2 Å². The molecule has 22 heavy (non-hydrogen) atoms. The van der Waals surface area contributed by atoms with Gasteiger partial charge in [0.15, 0.2) is 0 Å². The third-order valence-electron chi connectivity index (χ3n) is 4.16. The van der Waals surface area contributed by atoms with E-state index in [0.717, 1.165) is 11.3 Å². The molecule has 0 fully saturated rings. The van der Waals surface area contributed by atoms with Gasteiger partial charge in [0.25, 0.3) is 5.91 Å². The summed E-state index contributed by atoms with van der Waals surface area (Å²) in [5.74, 6) is -1.40. The number of amides is 1. The Morgan fingerprint density at radius 2 is 2.05 bits per heavy atom. The lowest BCUT2D eigenvalue weighted by molar-refractivity contribution is -0.146. The minimum Gasteiger partial charge on any atom is -0.465 e. The minimum atomic E-state index is -0.550.